The van der Waals surface area contributed by atoms with Gasteiger partial charge in [0.05, 0.1) is 17.7 Å². The number of nitrogens with one attached hydrogen (secondary N) is 1. The van der Waals surface area contributed by atoms with E-state index in [0.29, 0.717) is 0 Å². The molecule has 20 heavy (non-hydrogen) atoms. The van der Waals surface area contributed by atoms with E-state index in [1.807, 2.05) is 25.3 Å². The molecule has 1 N–H and O–H groups in total. The molecule has 0 bridgehead atoms. The predicted molar refractivity (Wildman–Crippen MR) is 79.1 cm³/mol. The van der Waals surface area contributed by atoms with Crippen molar-refractivity contribution in [3.8, 4) is 22.0 Å². The van der Waals surface area contributed by atoms with E-state index in [0.717, 1.165) is 38.8 Å². The molecular formula is C15H14N2O2S. The summed E-state index contributed by atoms with van der Waals surface area (Å²) in [6.45, 7) is 5.45. The summed E-state index contributed by atoms with van der Waals surface area (Å²) in [6, 6.07) is 1.89. The van der Waals surface area contributed by atoms with E-state index in [1.54, 1.807) is 30.8 Å². The van der Waals surface area contributed by atoms with Crippen LogP contribution >= 0.6 is 11.3 Å². The molecule has 0 saturated heterocycles. The van der Waals surface area contributed by atoms with Gasteiger partial charge in [-0.15, -0.1) is 11.3 Å². The van der Waals surface area contributed by atoms with Gasteiger partial charge in [-0.2, -0.15) is 0 Å². The highest BCUT2D eigenvalue weighted by Gasteiger charge is 2.18. The lowest BCUT2D eigenvalue weighted by Gasteiger charge is -1.96. The minimum atomic E-state index is 0.0767. The van der Waals surface area contributed by atoms with Crippen LogP contribution in [0.1, 0.15) is 28.5 Å². The number of aromatic amines is 1. The zero-order chi connectivity index (χ0) is 14.3. The van der Waals surface area contributed by atoms with Crippen molar-refractivity contribution in [1.82, 2.24) is 9.97 Å². The Hall–Kier alpha value is -2.14. The van der Waals surface area contributed by atoms with E-state index < -0.39 is 0 Å². The number of aromatic nitrogens is 2. The molecule has 3 rings (SSSR count). The third kappa shape index (κ3) is 2.00. The smallest absolute Gasteiger partial charge is 0.161 e. The maximum absolute atomic E-state index is 11.7. The van der Waals surface area contributed by atoms with Crippen molar-refractivity contribution in [3.05, 3.63) is 40.8 Å². The Morgan fingerprint density at radius 3 is 2.80 bits per heavy atom. The predicted octanol–water partition coefficient (Wildman–Crippen LogP) is 4.22. The van der Waals surface area contributed by atoms with Crippen LogP contribution in [0.3, 0.4) is 0 Å². The molecule has 0 atom stereocenters. The van der Waals surface area contributed by atoms with Gasteiger partial charge >= 0.3 is 0 Å². The standard InChI is InChI=1S/C15H14N2O2S/c1-8-13(10(3)18)9(2)16-14(8)12-7-20-15(17-12)11-4-5-19-6-11/h4-7,16H,1-3H3. The van der Waals surface area contributed by atoms with Crippen molar-refractivity contribution in [2.24, 2.45) is 0 Å². The van der Waals surface area contributed by atoms with Gasteiger partial charge in [0.15, 0.2) is 5.78 Å². The second-order valence-electron chi connectivity index (χ2n) is 4.73. The molecule has 0 saturated carbocycles. The van der Waals surface area contributed by atoms with Crippen LogP contribution in [0.4, 0.5) is 0 Å². The Balaban J connectivity index is 2.06. The summed E-state index contributed by atoms with van der Waals surface area (Å²) in [4.78, 5) is 19.6. The average molecular weight is 286 g/mol. The molecule has 0 amide bonds. The topological polar surface area (TPSA) is 58.9 Å². The molecule has 5 heteroatoms. The zero-order valence-corrected chi connectivity index (χ0v) is 12.3. The summed E-state index contributed by atoms with van der Waals surface area (Å²) >= 11 is 1.56. The van der Waals surface area contributed by atoms with Crippen molar-refractivity contribution >= 4 is 17.1 Å². The minimum absolute atomic E-state index is 0.0767. The van der Waals surface area contributed by atoms with Crippen LogP contribution in [0.2, 0.25) is 0 Å². The summed E-state index contributed by atoms with van der Waals surface area (Å²) < 4.78 is 5.08. The van der Waals surface area contributed by atoms with Gasteiger partial charge in [0.2, 0.25) is 0 Å². The molecule has 0 fully saturated rings. The van der Waals surface area contributed by atoms with Crippen molar-refractivity contribution in [2.45, 2.75) is 20.8 Å². The number of carbonyl (C=O) groups is 1. The fourth-order valence-electron chi connectivity index (χ4n) is 2.44. The fraction of sp³-hybridized carbons (Fsp3) is 0.200. The molecule has 102 valence electrons. The highest BCUT2D eigenvalue weighted by atomic mass is 32.1. The first-order valence-corrected chi connectivity index (χ1v) is 7.14. The number of H-pyrrole nitrogens is 1. The molecule has 3 aromatic rings. The summed E-state index contributed by atoms with van der Waals surface area (Å²) in [5.74, 6) is 0.0767. The Morgan fingerprint density at radius 1 is 1.40 bits per heavy atom. The molecule has 0 spiro atoms. The van der Waals surface area contributed by atoms with Crippen LogP contribution in [-0.2, 0) is 0 Å². The first-order chi connectivity index (χ1) is 9.58. The fourth-order valence-corrected chi connectivity index (χ4v) is 3.24. The van der Waals surface area contributed by atoms with Crippen molar-refractivity contribution < 1.29 is 9.21 Å². The number of ketones is 1. The summed E-state index contributed by atoms with van der Waals surface area (Å²) in [6.07, 6.45) is 3.31. The van der Waals surface area contributed by atoms with Gasteiger partial charge in [-0.3, -0.25) is 4.79 Å². The monoisotopic (exact) mass is 286 g/mol. The summed E-state index contributed by atoms with van der Waals surface area (Å²) in [5, 5.41) is 2.90. The van der Waals surface area contributed by atoms with Gasteiger partial charge in [-0.25, -0.2) is 4.98 Å². The third-order valence-electron chi connectivity index (χ3n) is 3.32. The van der Waals surface area contributed by atoms with Gasteiger partial charge < -0.3 is 9.40 Å². The van der Waals surface area contributed by atoms with Gasteiger partial charge in [-0.05, 0) is 32.4 Å². The normalized spacial score (nSPS) is 10.9. The summed E-state index contributed by atoms with van der Waals surface area (Å²) in [7, 11) is 0. The molecule has 0 aliphatic rings. The number of carbonyl (C=O) groups excluding carboxylic acids is 1. The lowest BCUT2D eigenvalue weighted by Crippen LogP contribution is -1.94. The molecular weight excluding hydrogens is 272 g/mol. The van der Waals surface area contributed by atoms with E-state index in [2.05, 4.69) is 9.97 Å². The Morgan fingerprint density at radius 2 is 2.20 bits per heavy atom. The van der Waals surface area contributed by atoms with Crippen molar-refractivity contribution in [1.29, 1.82) is 0 Å². The number of hydrogen-bond acceptors (Lipinski definition) is 4. The molecule has 3 heterocycles. The second-order valence-corrected chi connectivity index (χ2v) is 5.59. The lowest BCUT2D eigenvalue weighted by molar-refractivity contribution is 0.101. The first kappa shape index (κ1) is 12.9. The molecule has 0 aliphatic carbocycles. The third-order valence-corrected chi connectivity index (χ3v) is 4.21. The number of rotatable bonds is 3. The molecule has 3 aromatic heterocycles. The van der Waals surface area contributed by atoms with E-state index in [4.69, 9.17) is 4.42 Å². The largest absolute Gasteiger partial charge is 0.472 e. The van der Waals surface area contributed by atoms with E-state index >= 15 is 0 Å². The second kappa shape index (κ2) is 4.76. The van der Waals surface area contributed by atoms with Crippen LogP contribution in [0.15, 0.2) is 28.4 Å². The molecule has 0 radical (unpaired) electrons. The van der Waals surface area contributed by atoms with E-state index in [1.165, 1.54) is 0 Å². The van der Waals surface area contributed by atoms with Crippen molar-refractivity contribution in [2.75, 3.05) is 0 Å². The quantitative estimate of drug-likeness (QED) is 0.733. The maximum atomic E-state index is 11.7. The summed E-state index contributed by atoms with van der Waals surface area (Å²) in [5.41, 5.74) is 5.35. The van der Waals surface area contributed by atoms with E-state index in [-0.39, 0.29) is 5.78 Å². The highest BCUT2D eigenvalue weighted by molar-refractivity contribution is 7.13. The van der Waals surface area contributed by atoms with Crippen LogP contribution in [0.25, 0.3) is 22.0 Å². The van der Waals surface area contributed by atoms with Gasteiger partial charge in [0, 0.05) is 22.2 Å². The molecule has 0 aliphatic heterocycles. The molecule has 0 aromatic carbocycles. The lowest BCUT2D eigenvalue weighted by atomic mass is 10.1. The number of hydrogen-bond donors (Lipinski definition) is 1. The molecule has 4 nitrogen and oxygen atoms in total. The maximum Gasteiger partial charge on any atom is 0.161 e. The number of thiazole rings is 1. The van der Waals surface area contributed by atoms with Gasteiger partial charge in [0.25, 0.3) is 0 Å². The SMILES string of the molecule is CC(=O)c1c(C)[nH]c(-c2csc(-c3ccoc3)n2)c1C. The highest BCUT2D eigenvalue weighted by Crippen LogP contribution is 2.32. The number of Topliss-reactive ketones (excluding diaryl/α,β-unsaturated/α-hetero) is 1. The zero-order valence-electron chi connectivity index (χ0n) is 11.5. The first-order valence-electron chi connectivity index (χ1n) is 6.26. The van der Waals surface area contributed by atoms with Gasteiger partial charge in [0.1, 0.15) is 11.3 Å². The average Bonchev–Trinajstić information content (AvgIpc) is 3.08. The van der Waals surface area contributed by atoms with E-state index in [9.17, 15) is 4.79 Å². The van der Waals surface area contributed by atoms with Crippen LogP contribution < -0.4 is 0 Å². The Bertz CT molecular complexity index is 766. The number of furan rings is 1. The number of aryl methyl sites for hydroxylation is 1. The minimum Gasteiger partial charge on any atom is -0.472 e. The van der Waals surface area contributed by atoms with Crippen LogP contribution in [-0.4, -0.2) is 15.8 Å². The van der Waals surface area contributed by atoms with Crippen molar-refractivity contribution in [3.63, 3.8) is 0 Å². The Labute approximate surface area is 120 Å². The van der Waals surface area contributed by atoms with Crippen LogP contribution in [0.5, 0.6) is 0 Å². The number of nitrogens with zero attached hydrogens (tertiary/aromatic N) is 1. The van der Waals surface area contributed by atoms with Gasteiger partial charge in [-0.1, -0.05) is 0 Å². The molecule has 0 unspecified atom stereocenters. The Kier molecular flexibility index (Phi) is 3.06. The van der Waals surface area contributed by atoms with Crippen LogP contribution in [0, 0.1) is 13.8 Å².